The summed E-state index contributed by atoms with van der Waals surface area (Å²) in [6.45, 7) is 12.7. The molecule has 1 saturated carbocycles. The van der Waals surface area contributed by atoms with E-state index in [1.54, 1.807) is 0 Å². The van der Waals surface area contributed by atoms with E-state index in [1.165, 1.54) is 19.3 Å². The van der Waals surface area contributed by atoms with E-state index in [0.29, 0.717) is 5.92 Å². The summed E-state index contributed by atoms with van der Waals surface area (Å²) >= 11 is 0. The van der Waals surface area contributed by atoms with E-state index in [2.05, 4.69) is 32.6 Å². The van der Waals surface area contributed by atoms with Gasteiger partial charge in [0.2, 0.25) is 0 Å². The molecule has 0 amide bonds. The van der Waals surface area contributed by atoms with E-state index in [0.717, 1.165) is 25.0 Å². The first-order valence-electron chi connectivity index (χ1n) is 6.79. The molecule has 0 aliphatic heterocycles. The van der Waals surface area contributed by atoms with Crippen LogP contribution >= 0.6 is 0 Å². The van der Waals surface area contributed by atoms with Crippen molar-refractivity contribution in [2.24, 2.45) is 11.8 Å². The average Bonchev–Trinajstić information content (AvgIpc) is 2.94. The van der Waals surface area contributed by atoms with Crippen LogP contribution in [0.1, 0.15) is 53.9 Å². The fourth-order valence-corrected chi connectivity index (χ4v) is 1.85. The Morgan fingerprint density at radius 3 is 2.19 bits per heavy atom. The normalized spacial score (nSPS) is 20.8. The van der Waals surface area contributed by atoms with E-state index in [1.807, 2.05) is 6.92 Å². The lowest BCUT2D eigenvalue weighted by atomic mass is 9.91. The largest absolute Gasteiger partial charge is 0.389 e. The molecule has 0 spiro atoms. The Balaban J connectivity index is 2.44. The molecule has 1 aliphatic rings. The molecular formula is C14H29NO. The Morgan fingerprint density at radius 1 is 1.25 bits per heavy atom. The van der Waals surface area contributed by atoms with Crippen LogP contribution in [-0.4, -0.2) is 34.7 Å². The van der Waals surface area contributed by atoms with Gasteiger partial charge in [-0.2, -0.15) is 0 Å². The molecule has 1 rings (SSSR count). The second kappa shape index (κ2) is 5.50. The minimum atomic E-state index is -0.542. The molecule has 0 heterocycles. The van der Waals surface area contributed by atoms with Crippen LogP contribution in [0.25, 0.3) is 0 Å². The molecule has 0 aromatic heterocycles. The van der Waals surface area contributed by atoms with Crippen molar-refractivity contribution in [3.63, 3.8) is 0 Å². The highest BCUT2D eigenvalue weighted by atomic mass is 16.3. The predicted octanol–water partition coefficient (Wildman–Crippen LogP) is 2.90. The van der Waals surface area contributed by atoms with Crippen molar-refractivity contribution in [1.82, 2.24) is 4.90 Å². The van der Waals surface area contributed by atoms with Crippen LogP contribution < -0.4 is 0 Å². The van der Waals surface area contributed by atoms with Crippen molar-refractivity contribution in [2.45, 2.75) is 65.5 Å². The smallest absolute Gasteiger partial charge is 0.0768 e. The highest BCUT2D eigenvalue weighted by Crippen LogP contribution is 2.30. The molecule has 1 aliphatic carbocycles. The molecule has 0 bridgehead atoms. The van der Waals surface area contributed by atoms with Crippen molar-refractivity contribution in [1.29, 1.82) is 0 Å². The summed E-state index contributed by atoms with van der Waals surface area (Å²) in [5.41, 5.74) is -0.542. The maximum atomic E-state index is 10.4. The van der Waals surface area contributed by atoms with Gasteiger partial charge >= 0.3 is 0 Å². The second-order valence-corrected chi connectivity index (χ2v) is 6.40. The van der Waals surface area contributed by atoms with Crippen LogP contribution in [0.2, 0.25) is 0 Å². The zero-order valence-corrected chi connectivity index (χ0v) is 11.7. The molecule has 1 fully saturated rings. The highest BCUT2D eigenvalue weighted by molar-refractivity contribution is 4.90. The molecule has 1 atom stereocenters. The van der Waals surface area contributed by atoms with Crippen LogP contribution in [-0.2, 0) is 0 Å². The average molecular weight is 227 g/mol. The minimum Gasteiger partial charge on any atom is -0.389 e. The Morgan fingerprint density at radius 2 is 1.81 bits per heavy atom. The topological polar surface area (TPSA) is 23.5 Å². The third-order valence-electron chi connectivity index (χ3n) is 3.82. The molecule has 0 saturated heterocycles. The summed E-state index contributed by atoms with van der Waals surface area (Å²) in [7, 11) is 0. The van der Waals surface area contributed by atoms with E-state index in [-0.39, 0.29) is 0 Å². The summed E-state index contributed by atoms with van der Waals surface area (Å²) in [6, 6.07) is 0.754. The van der Waals surface area contributed by atoms with Gasteiger partial charge in [-0.05, 0) is 44.6 Å². The third kappa shape index (κ3) is 4.42. The van der Waals surface area contributed by atoms with Crippen molar-refractivity contribution in [2.75, 3.05) is 13.1 Å². The van der Waals surface area contributed by atoms with E-state index in [9.17, 15) is 5.11 Å². The van der Waals surface area contributed by atoms with Crippen LogP contribution in [0.4, 0.5) is 0 Å². The maximum absolute atomic E-state index is 10.4. The first-order valence-corrected chi connectivity index (χ1v) is 6.79. The van der Waals surface area contributed by atoms with E-state index in [4.69, 9.17) is 0 Å². The van der Waals surface area contributed by atoms with Gasteiger partial charge in [0.1, 0.15) is 0 Å². The number of rotatable bonds is 7. The first-order chi connectivity index (χ1) is 7.33. The third-order valence-corrected chi connectivity index (χ3v) is 3.82. The Labute approximate surface area is 101 Å². The predicted molar refractivity (Wildman–Crippen MR) is 69.5 cm³/mol. The molecule has 96 valence electrons. The summed E-state index contributed by atoms with van der Waals surface area (Å²) in [5, 5.41) is 10.4. The molecule has 0 aromatic rings. The van der Waals surface area contributed by atoms with E-state index >= 15 is 0 Å². The van der Waals surface area contributed by atoms with Gasteiger partial charge in [0.05, 0.1) is 5.60 Å². The fraction of sp³-hybridized carbons (Fsp3) is 1.00. The van der Waals surface area contributed by atoms with Gasteiger partial charge in [0.25, 0.3) is 0 Å². The van der Waals surface area contributed by atoms with Crippen molar-refractivity contribution < 1.29 is 5.11 Å². The number of aliphatic hydroxyl groups is 1. The molecule has 1 unspecified atom stereocenters. The van der Waals surface area contributed by atoms with Crippen molar-refractivity contribution in [3.05, 3.63) is 0 Å². The number of hydrogen-bond donors (Lipinski definition) is 1. The molecule has 0 aromatic carbocycles. The van der Waals surface area contributed by atoms with Gasteiger partial charge in [0.15, 0.2) is 0 Å². The maximum Gasteiger partial charge on any atom is 0.0768 e. The molecule has 16 heavy (non-hydrogen) atoms. The van der Waals surface area contributed by atoms with Crippen LogP contribution in [0.5, 0.6) is 0 Å². The molecule has 2 nitrogen and oxygen atoms in total. The zero-order valence-electron chi connectivity index (χ0n) is 11.7. The highest BCUT2D eigenvalue weighted by Gasteiger charge is 2.35. The fourth-order valence-electron chi connectivity index (χ4n) is 1.85. The molecule has 0 radical (unpaired) electrons. The van der Waals surface area contributed by atoms with Crippen molar-refractivity contribution in [3.8, 4) is 0 Å². The quantitative estimate of drug-likeness (QED) is 0.723. The lowest BCUT2D eigenvalue weighted by Gasteiger charge is -2.35. The minimum absolute atomic E-state index is 0.327. The SMILES string of the molecule is CC(C)CCN(CC(C)(O)C(C)C)C1CC1. The van der Waals surface area contributed by atoms with Gasteiger partial charge in [-0.3, -0.25) is 4.90 Å². The van der Waals surface area contributed by atoms with Crippen LogP contribution in [0, 0.1) is 11.8 Å². The van der Waals surface area contributed by atoms with Gasteiger partial charge in [-0.1, -0.05) is 27.7 Å². The summed E-state index contributed by atoms with van der Waals surface area (Å²) in [4.78, 5) is 2.50. The number of nitrogens with zero attached hydrogens (tertiary/aromatic N) is 1. The van der Waals surface area contributed by atoms with Crippen LogP contribution in [0.3, 0.4) is 0 Å². The number of hydrogen-bond acceptors (Lipinski definition) is 2. The van der Waals surface area contributed by atoms with Gasteiger partial charge in [-0.15, -0.1) is 0 Å². The Bertz CT molecular complexity index is 207. The van der Waals surface area contributed by atoms with Gasteiger partial charge in [-0.25, -0.2) is 0 Å². The second-order valence-electron chi connectivity index (χ2n) is 6.40. The lowest BCUT2D eigenvalue weighted by molar-refractivity contribution is -0.0218. The van der Waals surface area contributed by atoms with Crippen LogP contribution in [0.15, 0.2) is 0 Å². The summed E-state index contributed by atoms with van der Waals surface area (Å²) < 4.78 is 0. The summed E-state index contributed by atoms with van der Waals surface area (Å²) in [5.74, 6) is 1.08. The molecular weight excluding hydrogens is 198 g/mol. The zero-order chi connectivity index (χ0) is 12.3. The molecule has 2 heteroatoms. The molecule has 1 N–H and O–H groups in total. The van der Waals surface area contributed by atoms with E-state index < -0.39 is 5.60 Å². The van der Waals surface area contributed by atoms with Gasteiger partial charge in [0, 0.05) is 12.6 Å². The lowest BCUT2D eigenvalue weighted by Crippen LogP contribution is -2.46. The van der Waals surface area contributed by atoms with Crippen molar-refractivity contribution >= 4 is 0 Å². The first kappa shape index (κ1) is 14.0. The van der Waals surface area contributed by atoms with Gasteiger partial charge < -0.3 is 5.11 Å². The Kier molecular flexibility index (Phi) is 4.81. The monoisotopic (exact) mass is 227 g/mol. The Hall–Kier alpha value is -0.0800. The standard InChI is InChI=1S/C14H29NO/c1-11(2)8-9-15(13-6-7-13)10-14(5,16)12(3)4/h11-13,16H,6-10H2,1-5H3. The summed E-state index contributed by atoms with van der Waals surface area (Å²) in [6.07, 6.45) is 3.89.